The predicted molar refractivity (Wildman–Crippen MR) is 101 cm³/mol. The molecule has 156 valence electrons. The lowest BCUT2D eigenvalue weighted by Gasteiger charge is -2.40. The predicted octanol–water partition coefficient (Wildman–Crippen LogP) is 4.59. The van der Waals surface area contributed by atoms with Gasteiger partial charge in [0.25, 0.3) is 0 Å². The Morgan fingerprint density at radius 1 is 1.13 bits per heavy atom. The molecule has 2 aromatic carbocycles. The van der Waals surface area contributed by atoms with Crippen molar-refractivity contribution in [3.8, 4) is 0 Å². The maximum Gasteiger partial charge on any atom is 0.416 e. The van der Waals surface area contributed by atoms with Crippen LogP contribution in [0.2, 0.25) is 0 Å². The number of amides is 1. The molecule has 3 unspecified atom stereocenters. The fourth-order valence-corrected chi connectivity index (χ4v) is 3.52. The van der Waals surface area contributed by atoms with Gasteiger partial charge in [0.1, 0.15) is 6.04 Å². The number of rotatable bonds is 3. The minimum Gasteiger partial charge on any atom is -0.467 e. The van der Waals surface area contributed by atoms with Gasteiger partial charge in [-0.25, -0.2) is 4.79 Å². The highest BCUT2D eigenvalue weighted by atomic mass is 19.4. The van der Waals surface area contributed by atoms with E-state index in [1.165, 1.54) is 24.4 Å². The molecule has 0 saturated carbocycles. The molecule has 1 amide bonds. The van der Waals surface area contributed by atoms with Crippen LogP contribution in [0.25, 0.3) is 0 Å². The molecule has 0 fully saturated rings. The van der Waals surface area contributed by atoms with Crippen LogP contribution < -0.4 is 0 Å². The van der Waals surface area contributed by atoms with E-state index < -0.39 is 36.1 Å². The number of nitrogens with zero attached hydrogens (tertiary/aromatic N) is 2. The Morgan fingerprint density at radius 3 is 2.60 bits per heavy atom. The second-order valence-electron chi connectivity index (χ2n) is 6.90. The van der Waals surface area contributed by atoms with E-state index >= 15 is 0 Å². The van der Waals surface area contributed by atoms with Gasteiger partial charge < -0.3 is 14.7 Å². The molecule has 4 rings (SSSR count). The van der Waals surface area contributed by atoms with E-state index in [0.717, 1.165) is 22.6 Å². The maximum absolute atomic E-state index is 13.2. The number of carboxylic acid groups (broad SMARTS) is 1. The van der Waals surface area contributed by atoms with Crippen molar-refractivity contribution in [2.24, 2.45) is 5.16 Å². The number of benzene rings is 2. The Kier molecular flexibility index (Phi) is 5.11. The number of fused-ring (bicyclic) bond motifs is 1. The summed E-state index contributed by atoms with van der Waals surface area (Å²) in [4.78, 5) is 18.2. The van der Waals surface area contributed by atoms with Crippen molar-refractivity contribution in [1.29, 1.82) is 0 Å². The van der Waals surface area contributed by atoms with Gasteiger partial charge in [-0.3, -0.25) is 4.90 Å². The molecule has 0 spiro atoms. The normalized spacial score (nSPS) is 23.1. The average molecular weight is 418 g/mol. The van der Waals surface area contributed by atoms with Gasteiger partial charge >= 0.3 is 12.3 Å². The van der Waals surface area contributed by atoms with Gasteiger partial charge in [-0.15, -0.1) is 0 Å². The highest BCUT2D eigenvalue weighted by Crippen LogP contribution is 2.38. The first-order valence-corrected chi connectivity index (χ1v) is 9.13. The fraction of sp³-hybridized carbons (Fsp3) is 0.238. The summed E-state index contributed by atoms with van der Waals surface area (Å²) < 4.78 is 45.3. The van der Waals surface area contributed by atoms with Gasteiger partial charge in [-0.1, -0.05) is 47.6 Å². The number of carbonyl (C=O) groups is 1. The van der Waals surface area contributed by atoms with E-state index in [9.17, 15) is 23.1 Å². The molecule has 3 atom stereocenters. The molecule has 2 aliphatic rings. The van der Waals surface area contributed by atoms with Crippen molar-refractivity contribution in [3.05, 3.63) is 83.6 Å². The van der Waals surface area contributed by atoms with Crippen LogP contribution in [0.3, 0.4) is 0 Å². The standard InChI is InChI=1S/C21H17F3N2O4/c22-21(23,24)15-8-4-7-14(12-15)18-19-16(9-10-26(18)20(27)28)29-17(25-30-19)11-13-5-2-1-3-6-13/h1-10,12,16,18-19H,11H2,(H,27,28). The second kappa shape index (κ2) is 7.74. The minimum atomic E-state index is -4.56. The lowest BCUT2D eigenvalue weighted by atomic mass is 9.92. The molecular weight excluding hydrogens is 401 g/mol. The van der Waals surface area contributed by atoms with Crippen molar-refractivity contribution >= 4 is 12.0 Å². The molecule has 9 heteroatoms. The van der Waals surface area contributed by atoms with E-state index in [1.54, 1.807) is 0 Å². The summed E-state index contributed by atoms with van der Waals surface area (Å²) in [5.74, 6) is 0.304. The molecule has 0 bridgehead atoms. The van der Waals surface area contributed by atoms with Crippen LogP contribution in [-0.2, 0) is 22.2 Å². The lowest BCUT2D eigenvalue weighted by molar-refractivity contribution is -0.137. The zero-order chi connectivity index (χ0) is 21.3. The number of halogens is 3. The lowest BCUT2D eigenvalue weighted by Crippen LogP contribution is -2.49. The molecule has 0 aliphatic carbocycles. The number of ether oxygens (including phenoxy) is 1. The van der Waals surface area contributed by atoms with Crippen molar-refractivity contribution < 1.29 is 32.6 Å². The van der Waals surface area contributed by atoms with Crippen LogP contribution in [0.4, 0.5) is 18.0 Å². The number of alkyl halides is 3. The fourth-order valence-electron chi connectivity index (χ4n) is 3.52. The summed E-state index contributed by atoms with van der Waals surface area (Å²) in [6, 6.07) is 12.9. The van der Waals surface area contributed by atoms with Gasteiger partial charge in [-0.2, -0.15) is 13.2 Å². The van der Waals surface area contributed by atoms with E-state index in [1.807, 2.05) is 30.3 Å². The summed E-state index contributed by atoms with van der Waals surface area (Å²) in [6.45, 7) is 0. The molecule has 1 N–H and O–H groups in total. The molecule has 30 heavy (non-hydrogen) atoms. The minimum absolute atomic E-state index is 0.136. The molecule has 2 heterocycles. The smallest absolute Gasteiger partial charge is 0.416 e. The van der Waals surface area contributed by atoms with Crippen molar-refractivity contribution in [2.45, 2.75) is 30.8 Å². The second-order valence-corrected chi connectivity index (χ2v) is 6.90. The summed E-state index contributed by atoms with van der Waals surface area (Å²) in [5.41, 5.74) is 0.206. The Balaban J connectivity index is 1.64. The zero-order valence-corrected chi connectivity index (χ0v) is 15.5. The van der Waals surface area contributed by atoms with Gasteiger partial charge in [0, 0.05) is 6.20 Å². The van der Waals surface area contributed by atoms with E-state index in [4.69, 9.17) is 9.57 Å². The van der Waals surface area contributed by atoms with Crippen molar-refractivity contribution in [2.75, 3.05) is 0 Å². The molecule has 0 aromatic heterocycles. The largest absolute Gasteiger partial charge is 0.467 e. The Bertz CT molecular complexity index is 991. The summed E-state index contributed by atoms with van der Waals surface area (Å²) >= 11 is 0. The quantitative estimate of drug-likeness (QED) is 0.791. The number of oxime groups is 1. The Morgan fingerprint density at radius 2 is 1.90 bits per heavy atom. The van der Waals surface area contributed by atoms with Crippen LogP contribution in [-0.4, -0.2) is 34.2 Å². The van der Waals surface area contributed by atoms with Crippen LogP contribution in [0, 0.1) is 0 Å². The average Bonchev–Trinajstić information content (AvgIpc) is 2.73. The highest BCUT2D eigenvalue weighted by Gasteiger charge is 2.45. The first-order valence-electron chi connectivity index (χ1n) is 9.13. The summed E-state index contributed by atoms with van der Waals surface area (Å²) in [5, 5.41) is 13.5. The van der Waals surface area contributed by atoms with Crippen LogP contribution in [0.5, 0.6) is 0 Å². The van der Waals surface area contributed by atoms with Crippen LogP contribution in [0.1, 0.15) is 22.7 Å². The third-order valence-corrected chi connectivity index (χ3v) is 4.89. The third kappa shape index (κ3) is 3.96. The monoisotopic (exact) mass is 418 g/mol. The topological polar surface area (TPSA) is 71.4 Å². The van der Waals surface area contributed by atoms with Crippen LogP contribution in [0.15, 0.2) is 72.0 Å². The summed E-state index contributed by atoms with van der Waals surface area (Å²) in [6.07, 6.45) is -4.36. The van der Waals surface area contributed by atoms with Gasteiger partial charge in [-0.05, 0) is 29.3 Å². The Hall–Kier alpha value is -3.49. The van der Waals surface area contributed by atoms with Crippen LogP contribution >= 0.6 is 0 Å². The van der Waals surface area contributed by atoms with Crippen molar-refractivity contribution in [3.63, 3.8) is 0 Å². The zero-order valence-electron chi connectivity index (χ0n) is 15.5. The molecule has 0 radical (unpaired) electrons. The first kappa shape index (κ1) is 19.8. The molecule has 2 aliphatic heterocycles. The summed E-state index contributed by atoms with van der Waals surface area (Å²) in [7, 11) is 0. The number of hydrogen-bond acceptors (Lipinski definition) is 4. The molecule has 2 aromatic rings. The molecular formula is C21H17F3N2O4. The van der Waals surface area contributed by atoms with Gasteiger partial charge in [0.05, 0.1) is 12.0 Å². The van der Waals surface area contributed by atoms with E-state index in [0.29, 0.717) is 12.3 Å². The Labute approximate surface area is 169 Å². The highest BCUT2D eigenvalue weighted by molar-refractivity contribution is 5.79. The van der Waals surface area contributed by atoms with Crippen molar-refractivity contribution in [1.82, 2.24) is 4.90 Å². The van der Waals surface area contributed by atoms with Gasteiger partial charge in [0.15, 0.2) is 12.2 Å². The maximum atomic E-state index is 13.2. The molecule has 6 nitrogen and oxygen atoms in total. The SMILES string of the molecule is O=C(O)N1C=CC2OC(Cc3ccccc3)=NOC2C1c1cccc(C(F)(F)F)c1. The third-order valence-electron chi connectivity index (χ3n) is 4.89. The first-order chi connectivity index (χ1) is 14.3. The molecule has 0 saturated heterocycles. The number of hydrogen-bond donors (Lipinski definition) is 1. The van der Waals surface area contributed by atoms with E-state index in [2.05, 4.69) is 5.16 Å². The van der Waals surface area contributed by atoms with E-state index in [-0.39, 0.29) is 5.56 Å². The van der Waals surface area contributed by atoms with Gasteiger partial charge in [0.2, 0.25) is 5.90 Å².